The highest BCUT2D eigenvalue weighted by atomic mass is 19.1. The summed E-state index contributed by atoms with van der Waals surface area (Å²) in [7, 11) is 0. The lowest BCUT2D eigenvalue weighted by Gasteiger charge is -2.16. The van der Waals surface area contributed by atoms with Gasteiger partial charge in [0.25, 0.3) is 0 Å². The van der Waals surface area contributed by atoms with Gasteiger partial charge in [-0.1, -0.05) is 49.7 Å². The summed E-state index contributed by atoms with van der Waals surface area (Å²) in [5.74, 6) is -0.304. The molecule has 0 saturated heterocycles. The van der Waals surface area contributed by atoms with E-state index in [2.05, 4.69) is 17.3 Å². The number of amides is 2. The van der Waals surface area contributed by atoms with Crippen LogP contribution >= 0.6 is 0 Å². The molecular weight excluding hydrogens is 341 g/mol. The Morgan fingerprint density at radius 1 is 1.26 bits per heavy atom. The van der Waals surface area contributed by atoms with E-state index < -0.39 is 0 Å². The van der Waals surface area contributed by atoms with Gasteiger partial charge in [0, 0.05) is 18.2 Å². The van der Waals surface area contributed by atoms with E-state index in [1.807, 2.05) is 37.3 Å². The molecule has 1 atom stereocenters. The van der Waals surface area contributed by atoms with Crippen LogP contribution in [0.2, 0.25) is 0 Å². The molecule has 2 amide bonds. The molecule has 0 fully saturated rings. The van der Waals surface area contributed by atoms with E-state index in [0.29, 0.717) is 13.1 Å². The first kappa shape index (κ1) is 19.1. The first-order valence-corrected chi connectivity index (χ1v) is 9.51. The normalized spacial score (nSPS) is 16.3. The van der Waals surface area contributed by atoms with Gasteiger partial charge in [-0.15, -0.1) is 0 Å². The predicted molar refractivity (Wildman–Crippen MR) is 106 cm³/mol. The van der Waals surface area contributed by atoms with Gasteiger partial charge < -0.3 is 5.32 Å². The van der Waals surface area contributed by atoms with Gasteiger partial charge in [0.2, 0.25) is 0 Å². The van der Waals surface area contributed by atoms with Crippen LogP contribution in [-0.4, -0.2) is 23.3 Å². The minimum absolute atomic E-state index is 0.0449. The molecule has 1 aliphatic heterocycles. The molecule has 0 radical (unpaired) electrons. The Kier molecular flexibility index (Phi) is 6.22. The molecule has 0 bridgehead atoms. The van der Waals surface area contributed by atoms with Crippen LogP contribution in [0.15, 0.2) is 53.6 Å². The minimum atomic E-state index is -0.259. The number of hydrogen-bond acceptors (Lipinski definition) is 2. The Bertz CT molecular complexity index is 834. The average molecular weight is 367 g/mol. The number of unbranched alkanes of at least 4 members (excludes halogenated alkanes) is 1. The molecule has 1 unspecified atom stereocenters. The molecule has 1 heterocycles. The highest BCUT2D eigenvalue weighted by molar-refractivity contribution is 5.94. The van der Waals surface area contributed by atoms with E-state index in [1.165, 1.54) is 11.1 Å². The van der Waals surface area contributed by atoms with Gasteiger partial charge in [0.1, 0.15) is 5.82 Å². The van der Waals surface area contributed by atoms with Crippen molar-refractivity contribution in [3.05, 3.63) is 71.0 Å². The summed E-state index contributed by atoms with van der Waals surface area (Å²) in [4.78, 5) is 12.6. The minimum Gasteiger partial charge on any atom is -0.332 e. The summed E-state index contributed by atoms with van der Waals surface area (Å²) >= 11 is 0. The number of aryl methyl sites for hydroxylation is 1. The lowest BCUT2D eigenvalue weighted by Crippen LogP contribution is -2.35. The fourth-order valence-corrected chi connectivity index (χ4v) is 3.35. The van der Waals surface area contributed by atoms with E-state index in [0.717, 1.165) is 41.7 Å². The van der Waals surface area contributed by atoms with Crippen LogP contribution in [0.4, 0.5) is 9.18 Å². The summed E-state index contributed by atoms with van der Waals surface area (Å²) in [6.45, 7) is 5.06. The molecule has 2 aromatic rings. The van der Waals surface area contributed by atoms with E-state index >= 15 is 0 Å². The maximum absolute atomic E-state index is 13.7. The monoisotopic (exact) mass is 367 g/mol. The molecule has 3 rings (SSSR count). The van der Waals surface area contributed by atoms with Gasteiger partial charge in [0.05, 0.1) is 6.54 Å². The number of hydrogen-bond donors (Lipinski definition) is 1. The van der Waals surface area contributed by atoms with Crippen molar-refractivity contribution in [1.82, 2.24) is 10.3 Å². The fourth-order valence-electron chi connectivity index (χ4n) is 3.35. The summed E-state index contributed by atoms with van der Waals surface area (Å²) < 4.78 is 13.7. The molecule has 0 saturated carbocycles. The standard InChI is InChI=1S/C22H26FN3O/c1-3-4-12-21-20(17-10-7-11-19(23)13-17)15-26(25-21)22(27)24-14-18-9-6-5-8-16(18)2/h5-11,13,20H,3-4,12,14-15H2,1-2H3,(H,24,27). The SMILES string of the molecule is CCCCC1=NN(C(=O)NCc2ccccc2C)CC1c1cccc(F)c1. The van der Waals surface area contributed by atoms with Crippen molar-refractivity contribution in [2.24, 2.45) is 5.10 Å². The molecule has 0 aliphatic carbocycles. The number of benzene rings is 2. The molecule has 0 spiro atoms. The highest BCUT2D eigenvalue weighted by Gasteiger charge is 2.31. The Morgan fingerprint density at radius 2 is 2.07 bits per heavy atom. The summed E-state index contributed by atoms with van der Waals surface area (Å²) in [6.07, 6.45) is 2.87. The van der Waals surface area contributed by atoms with Crippen molar-refractivity contribution < 1.29 is 9.18 Å². The van der Waals surface area contributed by atoms with Crippen molar-refractivity contribution in [1.29, 1.82) is 0 Å². The third-order valence-electron chi connectivity index (χ3n) is 4.97. The molecule has 4 nitrogen and oxygen atoms in total. The van der Waals surface area contributed by atoms with Crippen molar-refractivity contribution in [2.75, 3.05) is 6.54 Å². The second-order valence-corrected chi connectivity index (χ2v) is 6.97. The third kappa shape index (κ3) is 4.73. The Morgan fingerprint density at radius 3 is 2.81 bits per heavy atom. The van der Waals surface area contributed by atoms with Crippen molar-refractivity contribution in [2.45, 2.75) is 45.6 Å². The van der Waals surface area contributed by atoms with Crippen LogP contribution in [0.3, 0.4) is 0 Å². The number of hydrazone groups is 1. The van der Waals surface area contributed by atoms with Crippen molar-refractivity contribution in [3.63, 3.8) is 0 Å². The largest absolute Gasteiger partial charge is 0.338 e. The zero-order valence-electron chi connectivity index (χ0n) is 15.9. The van der Waals surface area contributed by atoms with E-state index in [-0.39, 0.29) is 17.8 Å². The Labute approximate surface area is 160 Å². The number of carbonyl (C=O) groups excluding carboxylic acids is 1. The van der Waals surface area contributed by atoms with E-state index in [9.17, 15) is 9.18 Å². The predicted octanol–water partition coefficient (Wildman–Crippen LogP) is 4.99. The van der Waals surface area contributed by atoms with E-state index in [4.69, 9.17) is 0 Å². The van der Waals surface area contributed by atoms with Gasteiger partial charge in [-0.3, -0.25) is 0 Å². The van der Waals surface area contributed by atoms with Crippen LogP contribution in [0, 0.1) is 12.7 Å². The van der Waals surface area contributed by atoms with Crippen LogP contribution in [0.1, 0.15) is 48.8 Å². The zero-order valence-corrected chi connectivity index (χ0v) is 15.9. The average Bonchev–Trinajstić information content (AvgIpc) is 3.10. The lowest BCUT2D eigenvalue weighted by atomic mass is 9.92. The molecule has 2 aromatic carbocycles. The summed E-state index contributed by atoms with van der Waals surface area (Å²) in [6, 6.07) is 14.4. The second kappa shape index (κ2) is 8.80. The summed E-state index contributed by atoms with van der Waals surface area (Å²) in [5.41, 5.74) is 4.05. The summed E-state index contributed by atoms with van der Waals surface area (Å²) in [5, 5.41) is 9.00. The zero-order chi connectivity index (χ0) is 19.2. The van der Waals surface area contributed by atoms with Crippen molar-refractivity contribution >= 4 is 11.7 Å². The van der Waals surface area contributed by atoms with Crippen LogP contribution in [-0.2, 0) is 6.54 Å². The molecule has 142 valence electrons. The van der Waals surface area contributed by atoms with Gasteiger partial charge >= 0.3 is 6.03 Å². The van der Waals surface area contributed by atoms with Crippen LogP contribution in [0.25, 0.3) is 0 Å². The van der Waals surface area contributed by atoms with Crippen LogP contribution in [0.5, 0.6) is 0 Å². The quantitative estimate of drug-likeness (QED) is 0.768. The van der Waals surface area contributed by atoms with Gasteiger partial charge in [0.15, 0.2) is 0 Å². The third-order valence-corrected chi connectivity index (χ3v) is 4.97. The van der Waals surface area contributed by atoms with Crippen molar-refractivity contribution in [3.8, 4) is 0 Å². The maximum Gasteiger partial charge on any atom is 0.338 e. The molecule has 0 aromatic heterocycles. The molecule has 27 heavy (non-hydrogen) atoms. The lowest BCUT2D eigenvalue weighted by molar-refractivity contribution is 0.203. The number of halogens is 1. The Balaban J connectivity index is 1.70. The Hall–Kier alpha value is -2.69. The topological polar surface area (TPSA) is 44.7 Å². The second-order valence-electron chi connectivity index (χ2n) is 6.97. The number of nitrogens with one attached hydrogen (secondary N) is 1. The molecule has 1 aliphatic rings. The smallest absolute Gasteiger partial charge is 0.332 e. The van der Waals surface area contributed by atoms with E-state index in [1.54, 1.807) is 12.1 Å². The van der Waals surface area contributed by atoms with Gasteiger partial charge in [-0.2, -0.15) is 5.10 Å². The highest BCUT2D eigenvalue weighted by Crippen LogP contribution is 2.28. The van der Waals surface area contributed by atoms with Gasteiger partial charge in [-0.05, 0) is 48.6 Å². The number of urea groups is 1. The maximum atomic E-state index is 13.7. The fraction of sp³-hybridized carbons (Fsp3) is 0.364. The molecule has 1 N–H and O–H groups in total. The number of carbonyl (C=O) groups is 1. The van der Waals surface area contributed by atoms with Gasteiger partial charge in [-0.25, -0.2) is 14.2 Å². The first-order chi connectivity index (χ1) is 13.1. The first-order valence-electron chi connectivity index (χ1n) is 9.51. The number of nitrogens with zero attached hydrogens (tertiary/aromatic N) is 2. The molecular formula is C22H26FN3O. The van der Waals surface area contributed by atoms with Crippen LogP contribution < -0.4 is 5.32 Å². The number of rotatable bonds is 6. The molecule has 5 heteroatoms.